The molecule has 9 heteroatoms. The zero-order valence-corrected chi connectivity index (χ0v) is 20.4. The first kappa shape index (κ1) is 24.8. The fraction of sp³-hybridized carbons (Fsp3) is 0.111. The number of para-hydroxylation sites is 2. The predicted octanol–water partition coefficient (Wildman–Crippen LogP) is 4.96. The third-order valence-electron chi connectivity index (χ3n) is 5.24. The van der Waals surface area contributed by atoms with Gasteiger partial charge in [-0.3, -0.25) is 4.79 Å². The monoisotopic (exact) mass is 499 g/mol. The fourth-order valence-corrected chi connectivity index (χ4v) is 3.64. The van der Waals surface area contributed by atoms with Crippen LogP contribution in [0, 0.1) is 0 Å². The number of ether oxygens (including phenoxy) is 2. The van der Waals surface area contributed by atoms with Crippen LogP contribution < -0.4 is 25.8 Å². The van der Waals surface area contributed by atoms with Gasteiger partial charge >= 0.3 is 5.97 Å². The molecule has 1 heterocycles. The molecule has 36 heavy (non-hydrogen) atoms. The van der Waals surface area contributed by atoms with Gasteiger partial charge in [0.2, 0.25) is 0 Å². The average Bonchev–Trinajstić information content (AvgIpc) is 2.90. The van der Waals surface area contributed by atoms with Crippen molar-refractivity contribution in [3.05, 3.63) is 96.6 Å². The molecule has 0 saturated carbocycles. The topological polar surface area (TPSA) is 111 Å². The van der Waals surface area contributed by atoms with Crippen LogP contribution in [0.25, 0.3) is 11.3 Å². The molecule has 8 nitrogen and oxygen atoms in total. The maximum Gasteiger partial charge on any atom is 0.313 e. The third-order valence-corrected chi connectivity index (χ3v) is 5.45. The number of nitrogens with zero attached hydrogens (tertiary/aromatic N) is 2. The number of methoxy groups -OCH3 is 1. The minimum atomic E-state index is -0.534. The van der Waals surface area contributed by atoms with Crippen molar-refractivity contribution in [1.82, 2.24) is 10.2 Å². The number of nitrogens with two attached hydrogens (primary N) is 1. The molecule has 182 valence electrons. The first-order chi connectivity index (χ1) is 17.5. The van der Waals surface area contributed by atoms with Gasteiger partial charge in [0, 0.05) is 11.6 Å². The van der Waals surface area contributed by atoms with E-state index in [1.165, 1.54) is 0 Å². The van der Waals surface area contributed by atoms with Crippen molar-refractivity contribution in [3.63, 3.8) is 0 Å². The van der Waals surface area contributed by atoms with Crippen LogP contribution in [0.3, 0.4) is 0 Å². The summed E-state index contributed by atoms with van der Waals surface area (Å²) in [5, 5.41) is 14.7. The lowest BCUT2D eigenvalue weighted by Gasteiger charge is -2.15. The van der Waals surface area contributed by atoms with Gasteiger partial charge in [0.15, 0.2) is 16.7 Å². The van der Waals surface area contributed by atoms with E-state index in [2.05, 4.69) is 20.8 Å². The summed E-state index contributed by atoms with van der Waals surface area (Å²) in [6.45, 7) is 0. The van der Waals surface area contributed by atoms with Gasteiger partial charge in [0.25, 0.3) is 0 Å². The smallest absolute Gasteiger partial charge is 0.313 e. The largest absolute Gasteiger partial charge is 0.497 e. The summed E-state index contributed by atoms with van der Waals surface area (Å²) < 4.78 is 10.8. The number of benzene rings is 3. The highest BCUT2D eigenvalue weighted by atomic mass is 32.1. The number of nitrogens with one attached hydrogen (secondary N) is 2. The van der Waals surface area contributed by atoms with Crippen LogP contribution in [-0.2, 0) is 4.79 Å². The molecule has 4 N–H and O–H groups in total. The van der Waals surface area contributed by atoms with Crippen molar-refractivity contribution in [2.24, 2.45) is 5.73 Å². The first-order valence-corrected chi connectivity index (χ1v) is 11.6. The van der Waals surface area contributed by atoms with Crippen LogP contribution in [0.4, 0.5) is 11.5 Å². The molecule has 4 aromatic rings. The van der Waals surface area contributed by atoms with Gasteiger partial charge in [0.05, 0.1) is 24.9 Å². The summed E-state index contributed by atoms with van der Waals surface area (Å²) in [6, 6.07) is 27.1. The number of carbonyl (C=O) groups is 1. The molecule has 0 amide bonds. The molecular weight excluding hydrogens is 474 g/mol. The summed E-state index contributed by atoms with van der Waals surface area (Å²) in [6.07, 6.45) is -0.00640. The number of hydrogen-bond acceptors (Lipinski definition) is 7. The van der Waals surface area contributed by atoms with Crippen LogP contribution in [-0.4, -0.2) is 28.4 Å². The SMILES string of the molecule is COc1cccc(C(N)CC(=O)Oc2ccccc2NC(=S)Nc2ccc(-c3ccccc3)nn2)c1. The Bertz CT molecular complexity index is 1330. The highest BCUT2D eigenvalue weighted by Crippen LogP contribution is 2.26. The molecule has 0 bridgehead atoms. The number of hydrogen-bond donors (Lipinski definition) is 3. The summed E-state index contributed by atoms with van der Waals surface area (Å²) in [7, 11) is 1.58. The van der Waals surface area contributed by atoms with E-state index in [1.807, 2.05) is 54.6 Å². The molecule has 0 aliphatic carbocycles. The van der Waals surface area contributed by atoms with E-state index in [-0.39, 0.29) is 11.5 Å². The normalized spacial score (nSPS) is 11.3. The molecular formula is C27H25N5O3S. The lowest BCUT2D eigenvalue weighted by Crippen LogP contribution is -2.22. The first-order valence-electron chi connectivity index (χ1n) is 11.2. The number of carbonyl (C=O) groups excluding carboxylic acids is 1. The van der Waals surface area contributed by atoms with Crippen molar-refractivity contribution in [2.75, 3.05) is 17.7 Å². The van der Waals surface area contributed by atoms with Crippen LogP contribution in [0.1, 0.15) is 18.0 Å². The van der Waals surface area contributed by atoms with Gasteiger partial charge in [-0.1, -0.05) is 54.6 Å². The molecule has 0 saturated heterocycles. The summed E-state index contributed by atoms with van der Waals surface area (Å²) in [5.41, 5.74) is 9.24. The Kier molecular flexibility index (Phi) is 8.17. The van der Waals surface area contributed by atoms with E-state index in [0.29, 0.717) is 23.0 Å². The van der Waals surface area contributed by atoms with Gasteiger partial charge in [-0.2, -0.15) is 0 Å². The van der Waals surface area contributed by atoms with Crippen molar-refractivity contribution in [2.45, 2.75) is 12.5 Å². The van der Waals surface area contributed by atoms with E-state index in [4.69, 9.17) is 27.4 Å². The Labute approximate surface area is 214 Å². The number of aromatic nitrogens is 2. The van der Waals surface area contributed by atoms with Crippen LogP contribution in [0.2, 0.25) is 0 Å². The Morgan fingerprint density at radius 2 is 1.72 bits per heavy atom. The quantitative estimate of drug-likeness (QED) is 0.176. The molecule has 4 rings (SSSR count). The Balaban J connectivity index is 1.36. The molecule has 1 atom stereocenters. The second-order valence-electron chi connectivity index (χ2n) is 7.81. The van der Waals surface area contributed by atoms with Crippen LogP contribution in [0.15, 0.2) is 91.0 Å². The van der Waals surface area contributed by atoms with Crippen molar-refractivity contribution < 1.29 is 14.3 Å². The molecule has 0 aliphatic rings. The zero-order chi connectivity index (χ0) is 25.3. The van der Waals surface area contributed by atoms with Gasteiger partial charge in [-0.15, -0.1) is 10.2 Å². The van der Waals surface area contributed by atoms with Crippen LogP contribution >= 0.6 is 12.2 Å². The maximum atomic E-state index is 12.6. The zero-order valence-electron chi connectivity index (χ0n) is 19.5. The fourth-order valence-electron chi connectivity index (χ4n) is 3.42. The Morgan fingerprint density at radius 3 is 2.47 bits per heavy atom. The van der Waals surface area contributed by atoms with E-state index in [0.717, 1.165) is 16.8 Å². The van der Waals surface area contributed by atoms with Gasteiger partial charge in [-0.05, 0) is 54.2 Å². The number of rotatable bonds is 8. The lowest BCUT2D eigenvalue weighted by atomic mass is 10.0. The number of anilines is 2. The Hall–Kier alpha value is -4.34. The van der Waals surface area contributed by atoms with Crippen molar-refractivity contribution in [1.29, 1.82) is 0 Å². The van der Waals surface area contributed by atoms with Gasteiger partial charge in [-0.25, -0.2) is 0 Å². The van der Waals surface area contributed by atoms with Gasteiger partial charge in [0.1, 0.15) is 5.75 Å². The van der Waals surface area contributed by atoms with Crippen molar-refractivity contribution in [3.8, 4) is 22.8 Å². The minimum absolute atomic E-state index is 0.00640. The van der Waals surface area contributed by atoms with E-state index >= 15 is 0 Å². The van der Waals surface area contributed by atoms with E-state index in [9.17, 15) is 4.79 Å². The predicted molar refractivity (Wildman–Crippen MR) is 144 cm³/mol. The molecule has 0 aliphatic heterocycles. The number of thiocarbonyl (C=S) groups is 1. The maximum absolute atomic E-state index is 12.6. The van der Waals surface area contributed by atoms with E-state index in [1.54, 1.807) is 43.5 Å². The molecule has 3 aromatic carbocycles. The highest BCUT2D eigenvalue weighted by Gasteiger charge is 2.16. The third kappa shape index (κ3) is 6.62. The Morgan fingerprint density at radius 1 is 0.944 bits per heavy atom. The second-order valence-corrected chi connectivity index (χ2v) is 8.21. The number of esters is 1. The van der Waals surface area contributed by atoms with E-state index < -0.39 is 12.0 Å². The summed E-state index contributed by atoms with van der Waals surface area (Å²) in [5.74, 6) is 1.01. The molecule has 1 unspecified atom stereocenters. The molecule has 0 radical (unpaired) electrons. The minimum Gasteiger partial charge on any atom is -0.497 e. The average molecular weight is 500 g/mol. The molecule has 0 fully saturated rings. The summed E-state index contributed by atoms with van der Waals surface area (Å²) in [4.78, 5) is 12.6. The second kappa shape index (κ2) is 11.9. The lowest BCUT2D eigenvalue weighted by molar-refractivity contribution is -0.134. The summed E-state index contributed by atoms with van der Waals surface area (Å²) >= 11 is 5.41. The molecule has 0 spiro atoms. The van der Waals surface area contributed by atoms with Crippen LogP contribution in [0.5, 0.6) is 11.5 Å². The van der Waals surface area contributed by atoms with Crippen molar-refractivity contribution >= 4 is 34.8 Å². The molecule has 1 aromatic heterocycles. The highest BCUT2D eigenvalue weighted by molar-refractivity contribution is 7.80. The van der Waals surface area contributed by atoms with Gasteiger partial charge < -0.3 is 25.8 Å². The standard InChI is InChI=1S/C27H25N5O3S/c1-34-20-11-7-10-19(16-20)21(28)17-26(33)35-24-13-6-5-12-23(24)29-27(36)30-25-15-14-22(31-32-25)18-8-3-2-4-9-18/h2-16,21H,17,28H2,1H3,(H2,29,30,32,36).